The molecule has 0 bridgehead atoms. The number of aromatic amines is 1. The molecule has 31 heavy (non-hydrogen) atoms. The normalized spacial score (nSPS) is 18.0. The van der Waals surface area contributed by atoms with Crippen molar-refractivity contribution in [2.24, 2.45) is 0 Å². The number of piperidine rings is 1. The van der Waals surface area contributed by atoms with Crippen molar-refractivity contribution < 1.29 is 14.0 Å². The Bertz CT molecular complexity index is 1070. The molecule has 3 aromatic rings. The molecule has 0 aliphatic carbocycles. The van der Waals surface area contributed by atoms with Crippen molar-refractivity contribution in [2.45, 2.75) is 25.7 Å². The molecule has 0 atom stereocenters. The zero-order valence-corrected chi connectivity index (χ0v) is 18.4. The fraction of sp³-hybridized carbons (Fsp3) is 0.435. The molecule has 2 aliphatic heterocycles. The maximum atomic E-state index is 12.9. The van der Waals surface area contributed by atoms with E-state index in [0.29, 0.717) is 36.1 Å². The number of aryl methyl sites for hydroxylation is 1. The number of likely N-dealkylation sites (tertiary alicyclic amines) is 1. The zero-order chi connectivity index (χ0) is 21.4. The lowest BCUT2D eigenvalue weighted by Gasteiger charge is -2.30. The average molecular weight is 439 g/mol. The molecule has 2 aromatic heterocycles. The summed E-state index contributed by atoms with van der Waals surface area (Å²) in [7, 11) is 0. The van der Waals surface area contributed by atoms with Gasteiger partial charge in [0.1, 0.15) is 11.5 Å². The molecule has 1 N–H and O–H groups in total. The van der Waals surface area contributed by atoms with Gasteiger partial charge in [-0.1, -0.05) is 18.2 Å². The van der Waals surface area contributed by atoms with Gasteiger partial charge >= 0.3 is 0 Å². The molecule has 0 spiro atoms. The Kier molecular flexibility index (Phi) is 5.48. The van der Waals surface area contributed by atoms with Gasteiger partial charge in [-0.15, -0.1) is 0 Å². The van der Waals surface area contributed by atoms with Gasteiger partial charge in [-0.05, 0) is 31.9 Å². The average Bonchev–Trinajstić information content (AvgIpc) is 3.42. The number of hydrogen-bond acceptors (Lipinski definition) is 5. The van der Waals surface area contributed by atoms with Crippen LogP contribution in [0.4, 0.5) is 0 Å². The number of benzene rings is 1. The van der Waals surface area contributed by atoms with Crippen LogP contribution < -0.4 is 0 Å². The number of fused-ring (bicyclic) bond motifs is 1. The molecule has 0 radical (unpaired) electrons. The maximum Gasteiger partial charge on any atom is 0.276 e. The number of carbonyl (C=O) groups excluding carboxylic acids is 2. The van der Waals surface area contributed by atoms with Crippen LogP contribution in [0, 0.1) is 6.92 Å². The SMILES string of the molecule is Cc1oc(C2CCN(C(=O)c3cc4ccccc4[nH]3)CC2)nc1C(=O)N1CCSCC1. The summed E-state index contributed by atoms with van der Waals surface area (Å²) >= 11 is 1.87. The fourth-order valence-electron chi connectivity index (χ4n) is 4.39. The van der Waals surface area contributed by atoms with Crippen molar-refractivity contribution in [3.05, 3.63) is 53.4 Å². The predicted octanol–water partition coefficient (Wildman–Crippen LogP) is 3.67. The summed E-state index contributed by atoms with van der Waals surface area (Å²) in [5.74, 6) is 3.29. The summed E-state index contributed by atoms with van der Waals surface area (Å²) in [5, 5.41) is 1.04. The van der Waals surface area contributed by atoms with E-state index in [1.165, 1.54) is 0 Å². The van der Waals surface area contributed by atoms with Crippen LogP contribution in [0.2, 0.25) is 0 Å². The van der Waals surface area contributed by atoms with Crippen LogP contribution in [-0.2, 0) is 0 Å². The quantitative estimate of drug-likeness (QED) is 0.675. The van der Waals surface area contributed by atoms with Crippen LogP contribution in [-0.4, -0.2) is 69.3 Å². The predicted molar refractivity (Wildman–Crippen MR) is 121 cm³/mol. The highest BCUT2D eigenvalue weighted by Gasteiger charge is 2.31. The number of nitrogens with zero attached hydrogens (tertiary/aromatic N) is 3. The number of para-hydroxylation sites is 1. The monoisotopic (exact) mass is 438 g/mol. The third-order valence-corrected chi connectivity index (χ3v) is 7.15. The van der Waals surface area contributed by atoms with Crippen LogP contribution in [0.25, 0.3) is 10.9 Å². The van der Waals surface area contributed by atoms with Gasteiger partial charge in [0.15, 0.2) is 11.6 Å². The zero-order valence-electron chi connectivity index (χ0n) is 17.6. The molecule has 2 aliphatic rings. The Balaban J connectivity index is 1.24. The van der Waals surface area contributed by atoms with Crippen LogP contribution in [0.1, 0.15) is 51.4 Å². The summed E-state index contributed by atoms with van der Waals surface area (Å²) in [6.07, 6.45) is 1.56. The topological polar surface area (TPSA) is 82.4 Å². The minimum Gasteiger partial charge on any atom is -0.445 e. The van der Waals surface area contributed by atoms with Gasteiger partial charge in [0.05, 0.1) is 0 Å². The minimum atomic E-state index is -0.0285. The van der Waals surface area contributed by atoms with E-state index >= 15 is 0 Å². The number of rotatable bonds is 3. The number of nitrogens with one attached hydrogen (secondary N) is 1. The highest BCUT2D eigenvalue weighted by Crippen LogP contribution is 2.30. The number of hydrogen-bond donors (Lipinski definition) is 1. The summed E-state index contributed by atoms with van der Waals surface area (Å²) in [6.45, 7) is 4.63. The lowest BCUT2D eigenvalue weighted by Crippen LogP contribution is -2.38. The maximum absolute atomic E-state index is 12.9. The Labute approximate surface area is 185 Å². The van der Waals surface area contributed by atoms with Crippen molar-refractivity contribution in [2.75, 3.05) is 37.7 Å². The van der Waals surface area contributed by atoms with Crippen LogP contribution in [0.5, 0.6) is 0 Å². The Morgan fingerprint density at radius 1 is 1.06 bits per heavy atom. The van der Waals surface area contributed by atoms with Crippen molar-refractivity contribution in [3.63, 3.8) is 0 Å². The molecule has 2 saturated heterocycles. The van der Waals surface area contributed by atoms with Gasteiger partial charge in [-0.25, -0.2) is 4.98 Å². The number of aromatic nitrogens is 2. The number of carbonyl (C=O) groups is 2. The van der Waals surface area contributed by atoms with Gasteiger partial charge in [0.25, 0.3) is 11.8 Å². The van der Waals surface area contributed by atoms with E-state index in [1.54, 1.807) is 0 Å². The van der Waals surface area contributed by atoms with Crippen LogP contribution in [0.3, 0.4) is 0 Å². The molecule has 4 heterocycles. The standard InChI is InChI=1S/C23H26N4O3S/c1-15-20(23(29)27-10-12-31-13-11-27)25-21(30-15)16-6-8-26(9-7-16)22(28)19-14-17-4-2-3-5-18(17)24-19/h2-5,14,16,24H,6-13H2,1H3. The van der Waals surface area contributed by atoms with E-state index in [4.69, 9.17) is 4.42 Å². The molecule has 0 unspecified atom stereocenters. The number of oxazole rings is 1. The highest BCUT2D eigenvalue weighted by atomic mass is 32.2. The van der Waals surface area contributed by atoms with Gasteiger partial charge in [0, 0.05) is 54.5 Å². The molecule has 2 amide bonds. The van der Waals surface area contributed by atoms with E-state index in [9.17, 15) is 9.59 Å². The van der Waals surface area contributed by atoms with E-state index < -0.39 is 0 Å². The van der Waals surface area contributed by atoms with E-state index in [1.807, 2.05) is 58.8 Å². The Morgan fingerprint density at radius 3 is 2.52 bits per heavy atom. The Morgan fingerprint density at radius 2 is 1.77 bits per heavy atom. The van der Waals surface area contributed by atoms with E-state index in [-0.39, 0.29) is 17.7 Å². The van der Waals surface area contributed by atoms with E-state index in [0.717, 1.165) is 48.3 Å². The van der Waals surface area contributed by atoms with Crippen molar-refractivity contribution >= 4 is 34.5 Å². The second-order valence-corrected chi connectivity index (χ2v) is 9.42. The second kappa shape index (κ2) is 8.42. The molecule has 1 aromatic carbocycles. The molecule has 2 fully saturated rings. The first-order valence-corrected chi connectivity index (χ1v) is 12.0. The largest absolute Gasteiger partial charge is 0.445 e. The van der Waals surface area contributed by atoms with Crippen LogP contribution >= 0.6 is 11.8 Å². The van der Waals surface area contributed by atoms with Gasteiger partial charge in [0.2, 0.25) is 0 Å². The lowest BCUT2D eigenvalue weighted by molar-refractivity contribution is 0.0700. The highest BCUT2D eigenvalue weighted by molar-refractivity contribution is 7.99. The van der Waals surface area contributed by atoms with Crippen molar-refractivity contribution in [3.8, 4) is 0 Å². The number of amides is 2. The lowest BCUT2D eigenvalue weighted by atomic mass is 9.96. The van der Waals surface area contributed by atoms with E-state index in [2.05, 4.69) is 9.97 Å². The first kappa shape index (κ1) is 20.2. The smallest absolute Gasteiger partial charge is 0.276 e. The number of thioether (sulfide) groups is 1. The third kappa shape index (κ3) is 3.96. The molecular formula is C23H26N4O3S. The molecule has 162 valence electrons. The molecule has 0 saturated carbocycles. The number of H-pyrrole nitrogens is 1. The minimum absolute atomic E-state index is 0.0251. The van der Waals surface area contributed by atoms with Crippen LogP contribution in [0.15, 0.2) is 34.7 Å². The van der Waals surface area contributed by atoms with Crippen molar-refractivity contribution in [1.82, 2.24) is 19.8 Å². The molecule has 7 nitrogen and oxygen atoms in total. The fourth-order valence-corrected chi connectivity index (χ4v) is 5.30. The first-order chi connectivity index (χ1) is 15.1. The first-order valence-electron chi connectivity index (χ1n) is 10.8. The molecular weight excluding hydrogens is 412 g/mol. The molecule has 8 heteroatoms. The summed E-state index contributed by atoms with van der Waals surface area (Å²) in [6, 6.07) is 9.82. The van der Waals surface area contributed by atoms with Crippen molar-refractivity contribution in [1.29, 1.82) is 0 Å². The summed E-state index contributed by atoms with van der Waals surface area (Å²) in [4.78, 5) is 37.3. The third-order valence-electron chi connectivity index (χ3n) is 6.21. The summed E-state index contributed by atoms with van der Waals surface area (Å²) in [5.41, 5.74) is 2.04. The van der Waals surface area contributed by atoms with Gasteiger partial charge in [-0.2, -0.15) is 11.8 Å². The molecule has 5 rings (SSSR count). The summed E-state index contributed by atoms with van der Waals surface area (Å²) < 4.78 is 5.91. The van der Waals surface area contributed by atoms with Gasteiger partial charge in [-0.3, -0.25) is 9.59 Å². The Hall–Kier alpha value is -2.74. The van der Waals surface area contributed by atoms with Gasteiger partial charge < -0.3 is 19.2 Å². The second-order valence-electron chi connectivity index (χ2n) is 8.20.